The zero-order valence-electron chi connectivity index (χ0n) is 13.2. The number of halogens is 1. The van der Waals surface area contributed by atoms with Crippen molar-refractivity contribution in [2.24, 2.45) is 11.1 Å². The van der Waals surface area contributed by atoms with Gasteiger partial charge in [-0.2, -0.15) is 0 Å². The Bertz CT molecular complexity index is 697. The Morgan fingerprint density at radius 3 is 2.67 bits per heavy atom. The molecule has 0 aliphatic heterocycles. The number of fused-ring (bicyclic) bond motifs is 1. The van der Waals surface area contributed by atoms with Crippen LogP contribution < -0.4 is 5.73 Å². The van der Waals surface area contributed by atoms with Gasteiger partial charge in [-0.15, -0.1) is 0 Å². The van der Waals surface area contributed by atoms with E-state index < -0.39 is 0 Å². The van der Waals surface area contributed by atoms with E-state index in [-0.39, 0.29) is 11.5 Å². The second-order valence-electron chi connectivity index (χ2n) is 7.13. The van der Waals surface area contributed by atoms with Crippen molar-refractivity contribution in [1.82, 2.24) is 4.57 Å². The molecule has 1 aliphatic rings. The molecule has 1 aromatic carbocycles. The molecular weight excluding hydrogens is 324 g/mol. The highest BCUT2D eigenvalue weighted by Crippen LogP contribution is 2.42. The van der Waals surface area contributed by atoms with Gasteiger partial charge in [0.15, 0.2) is 0 Å². The monoisotopic (exact) mass is 346 g/mol. The molecule has 1 aromatic heterocycles. The molecule has 0 saturated carbocycles. The minimum Gasteiger partial charge on any atom is -0.324 e. The number of nitrogens with zero attached hydrogens (tertiary/aromatic N) is 1. The van der Waals surface area contributed by atoms with Crippen molar-refractivity contribution in [3.05, 3.63) is 51.3 Å². The van der Waals surface area contributed by atoms with Crippen LogP contribution in [0.5, 0.6) is 0 Å². The number of rotatable bonds is 1. The van der Waals surface area contributed by atoms with Gasteiger partial charge in [0, 0.05) is 21.9 Å². The smallest absolute Gasteiger partial charge is 0.0599 e. The number of hydrogen-bond acceptors (Lipinski definition) is 1. The van der Waals surface area contributed by atoms with Crippen LogP contribution in [-0.4, -0.2) is 4.57 Å². The fourth-order valence-corrected chi connectivity index (χ4v) is 4.00. The van der Waals surface area contributed by atoms with Crippen LogP contribution in [0.4, 0.5) is 0 Å². The van der Waals surface area contributed by atoms with E-state index in [0.717, 1.165) is 17.3 Å². The third-order valence-electron chi connectivity index (χ3n) is 4.48. The Morgan fingerprint density at radius 1 is 1.24 bits per heavy atom. The van der Waals surface area contributed by atoms with Gasteiger partial charge < -0.3 is 10.3 Å². The summed E-state index contributed by atoms with van der Waals surface area (Å²) in [7, 11) is 0. The summed E-state index contributed by atoms with van der Waals surface area (Å²) >= 11 is 3.71. The van der Waals surface area contributed by atoms with Gasteiger partial charge in [0.1, 0.15) is 0 Å². The summed E-state index contributed by atoms with van der Waals surface area (Å²) in [5.74, 6) is 0. The van der Waals surface area contributed by atoms with Gasteiger partial charge >= 0.3 is 0 Å². The van der Waals surface area contributed by atoms with Crippen molar-refractivity contribution in [3.8, 4) is 5.69 Å². The van der Waals surface area contributed by atoms with Crippen LogP contribution >= 0.6 is 15.9 Å². The van der Waals surface area contributed by atoms with Crippen molar-refractivity contribution in [2.45, 2.75) is 46.6 Å². The lowest BCUT2D eigenvalue weighted by Gasteiger charge is -2.34. The first kappa shape index (κ1) is 14.9. The molecule has 0 radical (unpaired) electrons. The molecule has 1 unspecified atom stereocenters. The lowest BCUT2D eigenvalue weighted by molar-refractivity contribution is 0.278. The van der Waals surface area contributed by atoms with Crippen molar-refractivity contribution in [3.63, 3.8) is 0 Å². The molecule has 0 amide bonds. The number of hydrogen-bond donors (Lipinski definition) is 1. The first-order valence-corrected chi connectivity index (χ1v) is 8.31. The zero-order valence-corrected chi connectivity index (χ0v) is 14.8. The van der Waals surface area contributed by atoms with E-state index in [2.05, 4.69) is 72.5 Å². The predicted molar refractivity (Wildman–Crippen MR) is 92.0 cm³/mol. The van der Waals surface area contributed by atoms with E-state index in [1.807, 2.05) is 0 Å². The number of nitrogens with two attached hydrogens (primary N) is 1. The second-order valence-corrected chi connectivity index (χ2v) is 7.98. The third kappa shape index (κ3) is 2.58. The van der Waals surface area contributed by atoms with E-state index in [1.54, 1.807) is 0 Å². The molecule has 2 nitrogen and oxygen atoms in total. The Balaban J connectivity index is 2.23. The fourth-order valence-electron chi connectivity index (χ4n) is 3.58. The third-order valence-corrected chi connectivity index (χ3v) is 5.15. The summed E-state index contributed by atoms with van der Waals surface area (Å²) in [5, 5.41) is 0. The average Bonchev–Trinajstić information content (AvgIpc) is 2.68. The van der Waals surface area contributed by atoms with E-state index >= 15 is 0 Å². The quantitative estimate of drug-likeness (QED) is 0.787. The maximum absolute atomic E-state index is 6.43. The predicted octanol–water partition coefficient (Wildman–Crippen LogP) is 4.83. The van der Waals surface area contributed by atoms with Crippen LogP contribution in [0.25, 0.3) is 5.69 Å². The Morgan fingerprint density at radius 2 is 1.95 bits per heavy atom. The first-order chi connectivity index (χ1) is 9.78. The van der Waals surface area contributed by atoms with Crippen molar-refractivity contribution in [1.29, 1.82) is 0 Å². The molecule has 1 aliphatic carbocycles. The molecule has 0 saturated heterocycles. The summed E-state index contributed by atoms with van der Waals surface area (Å²) in [5.41, 5.74) is 13.1. The zero-order chi connectivity index (χ0) is 15.4. The average molecular weight is 347 g/mol. The molecule has 3 heteroatoms. The van der Waals surface area contributed by atoms with Gasteiger partial charge in [-0.05, 0) is 77.4 Å². The van der Waals surface area contributed by atoms with Crippen LogP contribution in [0.15, 0.2) is 28.7 Å². The van der Waals surface area contributed by atoms with E-state index in [4.69, 9.17) is 5.73 Å². The minimum absolute atomic E-state index is 0.146. The molecule has 3 rings (SSSR count). The van der Waals surface area contributed by atoms with Crippen molar-refractivity contribution < 1.29 is 0 Å². The number of benzene rings is 1. The highest BCUT2D eigenvalue weighted by molar-refractivity contribution is 9.10. The molecular formula is C18H23BrN2. The van der Waals surface area contributed by atoms with E-state index in [1.165, 1.54) is 28.2 Å². The Hall–Kier alpha value is -1.06. The van der Waals surface area contributed by atoms with Gasteiger partial charge in [-0.1, -0.05) is 19.9 Å². The SMILES string of the molecule is Cc1ccc(Br)c(-n2c(C)cc3c2CC(C)(C)CC3N)c1. The minimum atomic E-state index is 0.146. The fraction of sp³-hybridized carbons (Fsp3) is 0.444. The highest BCUT2D eigenvalue weighted by Gasteiger charge is 2.33. The first-order valence-electron chi connectivity index (χ1n) is 7.52. The molecule has 0 spiro atoms. The van der Waals surface area contributed by atoms with E-state index in [9.17, 15) is 0 Å². The molecule has 1 heterocycles. The van der Waals surface area contributed by atoms with Gasteiger partial charge in [-0.25, -0.2) is 0 Å². The molecule has 0 bridgehead atoms. The summed E-state index contributed by atoms with van der Waals surface area (Å²) in [4.78, 5) is 0. The van der Waals surface area contributed by atoms with Crippen molar-refractivity contribution >= 4 is 15.9 Å². The number of aromatic nitrogens is 1. The highest BCUT2D eigenvalue weighted by atomic mass is 79.9. The van der Waals surface area contributed by atoms with Crippen LogP contribution in [0.2, 0.25) is 0 Å². The van der Waals surface area contributed by atoms with Gasteiger partial charge in [0.25, 0.3) is 0 Å². The van der Waals surface area contributed by atoms with Crippen molar-refractivity contribution in [2.75, 3.05) is 0 Å². The summed E-state index contributed by atoms with van der Waals surface area (Å²) in [6.45, 7) is 8.94. The lowest BCUT2D eigenvalue weighted by atomic mass is 9.74. The molecule has 2 N–H and O–H groups in total. The second kappa shape index (κ2) is 4.99. The Labute approximate surface area is 135 Å². The molecule has 0 fully saturated rings. The van der Waals surface area contributed by atoms with Crippen LogP contribution in [0.1, 0.15) is 48.8 Å². The van der Waals surface area contributed by atoms with Crippen LogP contribution in [-0.2, 0) is 6.42 Å². The molecule has 2 aromatic rings. The standard InChI is InChI=1S/C18H23BrN2/c1-11-5-6-14(19)16(7-11)21-12(2)8-13-15(20)9-18(3,4)10-17(13)21/h5-8,15H,9-10,20H2,1-4H3. The summed E-state index contributed by atoms with van der Waals surface area (Å²) < 4.78 is 3.51. The topological polar surface area (TPSA) is 30.9 Å². The lowest BCUT2D eigenvalue weighted by Crippen LogP contribution is -2.30. The van der Waals surface area contributed by atoms with Crippen LogP contribution in [0.3, 0.4) is 0 Å². The number of aryl methyl sites for hydroxylation is 2. The summed E-state index contributed by atoms with van der Waals surface area (Å²) in [6.07, 6.45) is 2.13. The van der Waals surface area contributed by atoms with Gasteiger partial charge in [0.05, 0.1) is 5.69 Å². The molecule has 1 atom stereocenters. The van der Waals surface area contributed by atoms with Gasteiger partial charge in [-0.3, -0.25) is 0 Å². The largest absolute Gasteiger partial charge is 0.324 e. The maximum Gasteiger partial charge on any atom is 0.0599 e. The normalized spacial score (nSPS) is 20.4. The van der Waals surface area contributed by atoms with Gasteiger partial charge in [0.2, 0.25) is 0 Å². The van der Waals surface area contributed by atoms with Crippen LogP contribution in [0, 0.1) is 19.3 Å². The van der Waals surface area contributed by atoms with E-state index in [0.29, 0.717) is 0 Å². The Kier molecular flexibility index (Phi) is 3.53. The maximum atomic E-state index is 6.43. The molecule has 112 valence electrons. The summed E-state index contributed by atoms with van der Waals surface area (Å²) in [6, 6.07) is 8.92. The molecule has 21 heavy (non-hydrogen) atoms.